The quantitative estimate of drug-likeness (QED) is 0.344. The molecule has 1 aliphatic rings. The minimum absolute atomic E-state index is 0.0402. The van der Waals surface area contributed by atoms with Gasteiger partial charge in [0.15, 0.2) is 0 Å². The second-order valence-corrected chi connectivity index (χ2v) is 11.0. The van der Waals surface area contributed by atoms with Crippen LogP contribution in [0.15, 0.2) is 54.7 Å². The zero-order chi connectivity index (χ0) is 25.2. The van der Waals surface area contributed by atoms with Crippen LogP contribution in [0.1, 0.15) is 60.7 Å². The third-order valence-electron chi connectivity index (χ3n) is 6.14. The first-order valence-corrected chi connectivity index (χ1v) is 12.6. The van der Waals surface area contributed by atoms with Crippen LogP contribution >= 0.6 is 23.2 Å². The Labute approximate surface area is 216 Å². The van der Waals surface area contributed by atoms with Crippen molar-refractivity contribution < 1.29 is 9.18 Å². The van der Waals surface area contributed by atoms with E-state index in [1.54, 1.807) is 11.0 Å². The second-order valence-electron chi connectivity index (χ2n) is 10.1. The maximum absolute atomic E-state index is 14.2. The van der Waals surface area contributed by atoms with E-state index in [2.05, 4.69) is 43.2 Å². The van der Waals surface area contributed by atoms with E-state index in [1.165, 1.54) is 11.6 Å². The monoisotopic (exact) mass is 513 g/mol. The van der Waals surface area contributed by atoms with Crippen LogP contribution in [0, 0.1) is 5.82 Å². The number of amides is 1. The zero-order valence-electron chi connectivity index (χ0n) is 20.2. The molecular weight excluding hydrogens is 484 g/mol. The first-order chi connectivity index (χ1) is 16.6. The highest BCUT2D eigenvalue weighted by atomic mass is 35.5. The van der Waals surface area contributed by atoms with E-state index < -0.39 is 5.82 Å². The van der Waals surface area contributed by atoms with Crippen LogP contribution in [0.25, 0.3) is 0 Å². The van der Waals surface area contributed by atoms with Gasteiger partial charge in [-0.2, -0.15) is 0 Å². The topological polar surface area (TPSA) is 45.2 Å². The number of hydrogen-bond acceptors (Lipinski definition) is 3. The molecule has 0 aliphatic heterocycles. The van der Waals surface area contributed by atoms with Crippen LogP contribution in [0.5, 0.6) is 0 Å². The Kier molecular flexibility index (Phi) is 7.67. The van der Waals surface area contributed by atoms with Gasteiger partial charge in [0.05, 0.1) is 21.8 Å². The van der Waals surface area contributed by atoms with Gasteiger partial charge in [-0.05, 0) is 59.6 Å². The Morgan fingerprint density at radius 1 is 1.06 bits per heavy atom. The lowest BCUT2D eigenvalue weighted by atomic mass is 9.87. The Morgan fingerprint density at radius 3 is 2.37 bits per heavy atom. The van der Waals surface area contributed by atoms with Crippen LogP contribution in [0.4, 0.5) is 10.2 Å². The van der Waals surface area contributed by atoms with E-state index in [1.807, 2.05) is 24.3 Å². The molecule has 1 saturated carbocycles. The molecule has 2 aromatic carbocycles. The molecule has 0 atom stereocenters. The van der Waals surface area contributed by atoms with Gasteiger partial charge in [0.1, 0.15) is 11.6 Å². The number of carbonyl (C=O) groups excluding carboxylic acids is 1. The molecule has 0 saturated heterocycles. The number of carbonyl (C=O) groups is 1. The summed E-state index contributed by atoms with van der Waals surface area (Å²) in [6, 6.07) is 15.3. The lowest BCUT2D eigenvalue weighted by molar-refractivity contribution is 0.0745. The molecule has 7 heteroatoms. The molecule has 1 amide bonds. The van der Waals surface area contributed by atoms with Crippen molar-refractivity contribution in [2.24, 2.45) is 0 Å². The maximum atomic E-state index is 14.2. The highest BCUT2D eigenvalue weighted by molar-refractivity contribution is 6.42. The second kappa shape index (κ2) is 10.5. The molecule has 184 valence electrons. The third kappa shape index (κ3) is 6.74. The van der Waals surface area contributed by atoms with Crippen LogP contribution in [0.2, 0.25) is 10.0 Å². The van der Waals surface area contributed by atoms with Crippen LogP contribution in [0.3, 0.4) is 0 Å². The van der Waals surface area contributed by atoms with E-state index in [-0.39, 0.29) is 22.9 Å². The number of benzene rings is 2. The van der Waals surface area contributed by atoms with Crippen molar-refractivity contribution in [2.75, 3.05) is 11.9 Å². The molecule has 35 heavy (non-hydrogen) atoms. The predicted molar refractivity (Wildman–Crippen MR) is 141 cm³/mol. The fraction of sp³-hybridized carbons (Fsp3) is 0.357. The van der Waals surface area contributed by atoms with Crippen molar-refractivity contribution in [1.29, 1.82) is 0 Å². The maximum Gasteiger partial charge on any atom is 0.258 e. The van der Waals surface area contributed by atoms with Gasteiger partial charge in [-0.15, -0.1) is 0 Å². The lowest BCUT2D eigenvalue weighted by Crippen LogP contribution is -2.33. The number of hydrogen-bond donors (Lipinski definition) is 1. The Balaban J connectivity index is 1.60. The summed E-state index contributed by atoms with van der Waals surface area (Å²) in [6.07, 6.45) is 3.77. The van der Waals surface area contributed by atoms with E-state index in [9.17, 15) is 9.18 Å². The molecule has 4 nitrogen and oxygen atoms in total. The summed E-state index contributed by atoms with van der Waals surface area (Å²) < 4.78 is 14.2. The number of aromatic nitrogens is 1. The first kappa shape index (κ1) is 25.5. The van der Waals surface area contributed by atoms with Gasteiger partial charge in [0.25, 0.3) is 5.91 Å². The number of pyridine rings is 1. The Morgan fingerprint density at radius 2 is 1.74 bits per heavy atom. The fourth-order valence-electron chi connectivity index (χ4n) is 3.85. The van der Waals surface area contributed by atoms with E-state index >= 15 is 0 Å². The van der Waals surface area contributed by atoms with Crippen molar-refractivity contribution in [1.82, 2.24) is 9.88 Å². The van der Waals surface area contributed by atoms with Crippen molar-refractivity contribution in [2.45, 2.75) is 58.0 Å². The standard InChI is InChI=1S/C28H30Cl2FN3O/c1-28(2,3)20-7-4-19(5-8-20)17-34(13-12-18-6-11-24(29)25(30)14-18)27(35)23-15-21(31)16-32-26(23)33-22-9-10-22/h4-8,11,14-16,22H,9-10,12-13,17H2,1-3H3,(H,32,33). The normalized spacial score (nSPS) is 13.5. The fourth-order valence-corrected chi connectivity index (χ4v) is 4.17. The average molecular weight is 514 g/mol. The average Bonchev–Trinajstić information content (AvgIpc) is 3.63. The summed E-state index contributed by atoms with van der Waals surface area (Å²) >= 11 is 12.2. The number of anilines is 1. The Hall–Kier alpha value is -2.63. The zero-order valence-corrected chi connectivity index (χ0v) is 21.8. The SMILES string of the molecule is CC(C)(C)c1ccc(CN(CCc2ccc(Cl)c(Cl)c2)C(=O)c2cc(F)cnc2NC2CC2)cc1. The van der Waals surface area contributed by atoms with Gasteiger partial charge in [-0.1, -0.05) is 74.3 Å². The molecule has 1 fully saturated rings. The predicted octanol–water partition coefficient (Wildman–Crippen LogP) is 7.28. The third-order valence-corrected chi connectivity index (χ3v) is 6.88. The largest absolute Gasteiger partial charge is 0.367 e. The molecule has 1 aromatic heterocycles. The van der Waals surface area contributed by atoms with Crippen molar-refractivity contribution in [3.05, 3.63) is 92.8 Å². The van der Waals surface area contributed by atoms with Crippen LogP contribution < -0.4 is 5.32 Å². The van der Waals surface area contributed by atoms with Crippen LogP contribution in [-0.4, -0.2) is 28.4 Å². The summed E-state index contributed by atoms with van der Waals surface area (Å²) in [7, 11) is 0. The van der Waals surface area contributed by atoms with Gasteiger partial charge in [-0.3, -0.25) is 4.79 Å². The molecule has 1 N–H and O–H groups in total. The minimum Gasteiger partial charge on any atom is -0.367 e. The van der Waals surface area contributed by atoms with Gasteiger partial charge in [0.2, 0.25) is 0 Å². The highest BCUT2D eigenvalue weighted by Gasteiger charge is 2.26. The summed E-state index contributed by atoms with van der Waals surface area (Å²) in [6.45, 7) is 7.32. The molecule has 1 aliphatic carbocycles. The molecule has 0 unspecified atom stereocenters. The number of halogens is 3. The highest BCUT2D eigenvalue weighted by Crippen LogP contribution is 2.28. The first-order valence-electron chi connectivity index (χ1n) is 11.8. The minimum atomic E-state index is -0.534. The number of rotatable bonds is 8. The van der Waals surface area contributed by atoms with Gasteiger partial charge >= 0.3 is 0 Å². The summed E-state index contributed by atoms with van der Waals surface area (Å²) in [5.74, 6) is -0.365. The Bertz CT molecular complexity index is 1200. The number of nitrogens with zero attached hydrogens (tertiary/aromatic N) is 2. The smallest absolute Gasteiger partial charge is 0.258 e. The van der Waals surface area contributed by atoms with Gasteiger partial charge < -0.3 is 10.2 Å². The molecule has 0 radical (unpaired) electrons. The molecular formula is C28H30Cl2FN3O. The number of nitrogens with one attached hydrogen (secondary N) is 1. The summed E-state index contributed by atoms with van der Waals surface area (Å²) in [5.41, 5.74) is 3.48. The molecule has 3 aromatic rings. The molecule has 0 spiro atoms. The molecule has 1 heterocycles. The van der Waals surface area contributed by atoms with Crippen LogP contribution in [-0.2, 0) is 18.4 Å². The molecule has 4 rings (SSSR count). The van der Waals surface area contributed by atoms with Crippen molar-refractivity contribution in [3.63, 3.8) is 0 Å². The van der Waals surface area contributed by atoms with E-state index in [0.29, 0.717) is 35.4 Å². The van der Waals surface area contributed by atoms with Gasteiger partial charge in [-0.25, -0.2) is 9.37 Å². The van der Waals surface area contributed by atoms with E-state index in [0.717, 1.165) is 30.2 Å². The summed E-state index contributed by atoms with van der Waals surface area (Å²) in [5, 5.41) is 4.23. The van der Waals surface area contributed by atoms with Crippen molar-refractivity contribution in [3.8, 4) is 0 Å². The summed E-state index contributed by atoms with van der Waals surface area (Å²) in [4.78, 5) is 19.6. The van der Waals surface area contributed by atoms with Gasteiger partial charge in [0, 0.05) is 19.1 Å². The van der Waals surface area contributed by atoms with Crippen molar-refractivity contribution >= 4 is 34.9 Å². The molecule has 0 bridgehead atoms. The van der Waals surface area contributed by atoms with E-state index in [4.69, 9.17) is 23.2 Å². The lowest BCUT2D eigenvalue weighted by Gasteiger charge is -2.25.